The van der Waals surface area contributed by atoms with E-state index in [0.717, 1.165) is 6.07 Å². The molecule has 5 nitrogen and oxygen atoms in total. The normalized spacial score (nSPS) is 12.3. The van der Waals surface area contributed by atoms with Crippen molar-refractivity contribution in [1.29, 1.82) is 0 Å². The van der Waals surface area contributed by atoms with Gasteiger partial charge in [0.1, 0.15) is 0 Å². The van der Waals surface area contributed by atoms with Crippen LogP contribution in [0.2, 0.25) is 0 Å². The highest BCUT2D eigenvalue weighted by molar-refractivity contribution is 5.47. The minimum absolute atomic E-state index is 0.00356. The Bertz CT molecular complexity index is 405. The van der Waals surface area contributed by atoms with Gasteiger partial charge < -0.3 is 20.5 Å². The number of hydrogen-bond acceptors (Lipinski definition) is 5. The fraction of sp³-hybridized carbons (Fsp3) is 0.583. The minimum atomic E-state index is -0.764. The van der Waals surface area contributed by atoms with E-state index >= 15 is 0 Å². The van der Waals surface area contributed by atoms with E-state index in [1.807, 2.05) is 0 Å². The van der Waals surface area contributed by atoms with E-state index in [1.54, 1.807) is 6.92 Å². The van der Waals surface area contributed by atoms with Gasteiger partial charge in [0.25, 0.3) is 0 Å². The van der Waals surface area contributed by atoms with Gasteiger partial charge in [-0.15, -0.1) is 0 Å². The van der Waals surface area contributed by atoms with Gasteiger partial charge in [0.15, 0.2) is 23.3 Å². The van der Waals surface area contributed by atoms with Crippen LogP contribution in [0.15, 0.2) is 6.07 Å². The summed E-state index contributed by atoms with van der Waals surface area (Å²) in [6.07, 6.45) is -0.252. The quantitative estimate of drug-likeness (QED) is 0.672. The Morgan fingerprint density at radius 1 is 1.32 bits per heavy atom. The molecule has 0 spiro atoms. The zero-order valence-corrected chi connectivity index (χ0v) is 11.0. The summed E-state index contributed by atoms with van der Waals surface area (Å²) in [4.78, 5) is 3.82. The Hall–Kier alpha value is -1.47. The van der Waals surface area contributed by atoms with Crippen molar-refractivity contribution in [2.75, 3.05) is 37.4 Å². The van der Waals surface area contributed by atoms with Gasteiger partial charge in [-0.3, -0.25) is 0 Å². The van der Waals surface area contributed by atoms with Crippen molar-refractivity contribution in [3.63, 3.8) is 0 Å². The van der Waals surface area contributed by atoms with Crippen LogP contribution < -0.4 is 10.6 Å². The lowest BCUT2D eigenvalue weighted by atomic mass is 10.2. The van der Waals surface area contributed by atoms with Gasteiger partial charge in [-0.1, -0.05) is 0 Å². The van der Waals surface area contributed by atoms with Crippen molar-refractivity contribution in [1.82, 2.24) is 4.98 Å². The molecule has 0 amide bonds. The Morgan fingerprint density at radius 3 is 2.53 bits per heavy atom. The average molecular weight is 275 g/mol. The summed E-state index contributed by atoms with van der Waals surface area (Å²) >= 11 is 0. The topological polar surface area (TPSA) is 66.4 Å². The van der Waals surface area contributed by atoms with E-state index in [9.17, 15) is 13.9 Å². The molecule has 3 N–H and O–H groups in total. The largest absolute Gasteiger partial charge is 0.391 e. The van der Waals surface area contributed by atoms with Crippen LogP contribution in [-0.2, 0) is 4.74 Å². The first-order valence-corrected chi connectivity index (χ1v) is 6.09. The molecule has 0 radical (unpaired) electrons. The fourth-order valence-electron chi connectivity index (χ4n) is 1.51. The molecule has 108 valence electrons. The number of rotatable bonds is 8. The van der Waals surface area contributed by atoms with Crippen LogP contribution in [0.25, 0.3) is 0 Å². The number of nitrogens with one attached hydrogen (secondary N) is 2. The molecular formula is C12H19F2N3O2. The fourth-order valence-corrected chi connectivity index (χ4v) is 1.51. The van der Waals surface area contributed by atoms with Crippen molar-refractivity contribution in [2.24, 2.45) is 0 Å². The molecule has 0 saturated heterocycles. The SMILES string of the molecule is CCNc1nc(NCCC(O)COC)c(F)cc1F. The molecule has 7 heteroatoms. The summed E-state index contributed by atoms with van der Waals surface area (Å²) in [5.41, 5.74) is 0. The molecule has 1 aromatic heterocycles. The van der Waals surface area contributed by atoms with Crippen LogP contribution in [0.1, 0.15) is 13.3 Å². The number of hydrogen-bond donors (Lipinski definition) is 3. The maximum atomic E-state index is 13.5. The smallest absolute Gasteiger partial charge is 0.168 e. The van der Waals surface area contributed by atoms with Gasteiger partial charge in [0.2, 0.25) is 0 Å². The average Bonchev–Trinajstić information content (AvgIpc) is 2.35. The molecule has 0 fully saturated rings. The zero-order valence-electron chi connectivity index (χ0n) is 11.0. The molecule has 1 heterocycles. The van der Waals surface area contributed by atoms with Gasteiger partial charge in [-0.25, -0.2) is 13.8 Å². The van der Waals surface area contributed by atoms with Crippen LogP contribution in [0.5, 0.6) is 0 Å². The highest BCUT2D eigenvalue weighted by Crippen LogP contribution is 2.18. The third kappa shape index (κ3) is 4.96. The first-order valence-electron chi connectivity index (χ1n) is 6.09. The number of anilines is 2. The molecule has 0 bridgehead atoms. The molecule has 0 aliphatic heterocycles. The van der Waals surface area contributed by atoms with E-state index in [0.29, 0.717) is 19.5 Å². The second-order valence-corrected chi connectivity index (χ2v) is 4.00. The van der Waals surface area contributed by atoms with Gasteiger partial charge >= 0.3 is 0 Å². The number of aromatic nitrogens is 1. The summed E-state index contributed by atoms with van der Waals surface area (Å²) in [6.45, 7) is 2.80. The van der Waals surface area contributed by atoms with Crippen molar-refractivity contribution in [2.45, 2.75) is 19.4 Å². The Labute approximate surface area is 111 Å². The second-order valence-electron chi connectivity index (χ2n) is 4.00. The molecule has 1 rings (SSSR count). The van der Waals surface area contributed by atoms with E-state index in [2.05, 4.69) is 15.6 Å². The van der Waals surface area contributed by atoms with E-state index < -0.39 is 17.7 Å². The van der Waals surface area contributed by atoms with Crippen molar-refractivity contribution >= 4 is 11.6 Å². The number of pyridine rings is 1. The summed E-state index contributed by atoms with van der Waals surface area (Å²) in [6, 6.07) is 0.777. The Kier molecular flexibility index (Phi) is 6.44. The van der Waals surface area contributed by atoms with Crippen molar-refractivity contribution in [3.05, 3.63) is 17.7 Å². The lowest BCUT2D eigenvalue weighted by Gasteiger charge is -2.12. The summed E-state index contributed by atoms with van der Waals surface area (Å²) < 4.78 is 31.6. The summed E-state index contributed by atoms with van der Waals surface area (Å²) in [7, 11) is 1.49. The zero-order chi connectivity index (χ0) is 14.3. The lowest BCUT2D eigenvalue weighted by Crippen LogP contribution is -2.19. The Balaban J connectivity index is 2.59. The Morgan fingerprint density at radius 2 is 1.95 bits per heavy atom. The van der Waals surface area contributed by atoms with Crippen molar-refractivity contribution in [3.8, 4) is 0 Å². The maximum Gasteiger partial charge on any atom is 0.168 e. The van der Waals surface area contributed by atoms with E-state index in [1.165, 1.54) is 7.11 Å². The van der Waals surface area contributed by atoms with Gasteiger partial charge in [0.05, 0.1) is 12.7 Å². The van der Waals surface area contributed by atoms with Gasteiger partial charge in [-0.2, -0.15) is 0 Å². The molecule has 1 atom stereocenters. The number of nitrogens with zero attached hydrogens (tertiary/aromatic N) is 1. The third-order valence-corrected chi connectivity index (χ3v) is 2.40. The molecule has 0 aliphatic carbocycles. The molecule has 1 aromatic rings. The van der Waals surface area contributed by atoms with Crippen molar-refractivity contribution < 1.29 is 18.6 Å². The van der Waals surface area contributed by atoms with Crippen LogP contribution in [-0.4, -0.2) is 43.0 Å². The second kappa shape index (κ2) is 7.85. The first kappa shape index (κ1) is 15.6. The van der Waals surface area contributed by atoms with Crippen LogP contribution in [0.4, 0.5) is 20.4 Å². The number of aliphatic hydroxyl groups is 1. The van der Waals surface area contributed by atoms with Crippen LogP contribution in [0.3, 0.4) is 0 Å². The molecular weight excluding hydrogens is 256 g/mol. The standard InChI is InChI=1S/C12H19F2N3O2/c1-3-15-11-9(13)6-10(14)12(17-11)16-5-4-8(18)7-19-2/h6,8,18H,3-5,7H2,1-2H3,(H2,15,16,17). The maximum absolute atomic E-state index is 13.5. The van der Waals surface area contributed by atoms with E-state index in [4.69, 9.17) is 4.74 Å². The van der Waals surface area contributed by atoms with Crippen LogP contribution >= 0.6 is 0 Å². The predicted molar refractivity (Wildman–Crippen MR) is 69.3 cm³/mol. The molecule has 0 saturated carbocycles. The number of halogens is 2. The third-order valence-electron chi connectivity index (χ3n) is 2.40. The molecule has 0 aliphatic rings. The number of ether oxygens (including phenoxy) is 1. The molecule has 19 heavy (non-hydrogen) atoms. The lowest BCUT2D eigenvalue weighted by molar-refractivity contribution is 0.0615. The van der Waals surface area contributed by atoms with Crippen LogP contribution in [0, 0.1) is 11.6 Å². The highest BCUT2D eigenvalue weighted by Gasteiger charge is 2.11. The number of aliphatic hydroxyl groups excluding tert-OH is 1. The van der Waals surface area contributed by atoms with E-state index in [-0.39, 0.29) is 18.2 Å². The highest BCUT2D eigenvalue weighted by atomic mass is 19.1. The molecule has 1 unspecified atom stereocenters. The van der Waals surface area contributed by atoms with Gasteiger partial charge in [0, 0.05) is 26.3 Å². The summed E-state index contributed by atoms with van der Waals surface area (Å²) in [5, 5.41) is 14.8. The molecule has 0 aromatic carbocycles. The summed E-state index contributed by atoms with van der Waals surface area (Å²) in [5.74, 6) is -1.53. The van der Waals surface area contributed by atoms with Gasteiger partial charge in [-0.05, 0) is 13.3 Å². The first-order chi connectivity index (χ1) is 9.08. The predicted octanol–water partition coefficient (Wildman–Crippen LogP) is 1.60. The minimum Gasteiger partial charge on any atom is -0.391 e. The monoisotopic (exact) mass is 275 g/mol. The number of methoxy groups -OCH3 is 1.